The number of aryl methyl sites for hydroxylation is 1. The van der Waals surface area contributed by atoms with Gasteiger partial charge in [0.05, 0.1) is 25.2 Å². The molecule has 1 amide bonds. The summed E-state index contributed by atoms with van der Waals surface area (Å²) in [5.74, 6) is -0.662. The first-order valence-corrected chi connectivity index (χ1v) is 7.23. The molecule has 116 valence electrons. The predicted molar refractivity (Wildman–Crippen MR) is 76.6 cm³/mol. The highest BCUT2D eigenvalue weighted by Crippen LogP contribution is 2.16. The number of carbonyl (C=O) groups excluding carboxylic acids is 1. The summed E-state index contributed by atoms with van der Waals surface area (Å²) in [6.07, 6.45) is 4.46. The first kappa shape index (κ1) is 15.5. The SMILES string of the molecule is CC[C@H]1C(=O)N(C)CCN1Cc1cnn(CCC(=O)O)c1. The molecule has 0 spiro atoms. The monoisotopic (exact) mass is 294 g/mol. The van der Waals surface area contributed by atoms with Crippen molar-refractivity contribution in [2.45, 2.75) is 38.9 Å². The second-order valence-electron chi connectivity index (χ2n) is 5.41. The maximum atomic E-state index is 12.1. The van der Waals surface area contributed by atoms with E-state index in [1.807, 2.05) is 20.2 Å². The minimum Gasteiger partial charge on any atom is -0.481 e. The topological polar surface area (TPSA) is 78.7 Å². The average Bonchev–Trinajstić information content (AvgIpc) is 2.89. The van der Waals surface area contributed by atoms with E-state index in [1.54, 1.807) is 15.8 Å². The molecule has 1 saturated heterocycles. The molecule has 1 aliphatic rings. The van der Waals surface area contributed by atoms with E-state index in [1.165, 1.54) is 0 Å². The molecule has 2 heterocycles. The Bertz CT molecular complexity index is 514. The highest BCUT2D eigenvalue weighted by molar-refractivity contribution is 5.82. The molecular weight excluding hydrogens is 272 g/mol. The molecular formula is C14H22N4O3. The molecule has 1 aromatic rings. The number of rotatable bonds is 6. The average molecular weight is 294 g/mol. The van der Waals surface area contributed by atoms with Gasteiger partial charge in [-0.1, -0.05) is 6.92 Å². The van der Waals surface area contributed by atoms with Gasteiger partial charge >= 0.3 is 5.97 Å². The van der Waals surface area contributed by atoms with Gasteiger partial charge < -0.3 is 10.0 Å². The third-order valence-electron chi connectivity index (χ3n) is 3.84. The Balaban J connectivity index is 1.97. The predicted octanol–water partition coefficient (Wildman–Crippen LogP) is 0.410. The van der Waals surface area contributed by atoms with Gasteiger partial charge in [0, 0.05) is 38.4 Å². The molecule has 1 fully saturated rings. The van der Waals surface area contributed by atoms with Crippen molar-refractivity contribution in [2.24, 2.45) is 0 Å². The van der Waals surface area contributed by atoms with E-state index in [0.717, 1.165) is 25.1 Å². The summed E-state index contributed by atoms with van der Waals surface area (Å²) in [5.41, 5.74) is 1.01. The van der Waals surface area contributed by atoms with Crippen LogP contribution >= 0.6 is 0 Å². The number of nitrogens with zero attached hydrogens (tertiary/aromatic N) is 4. The molecule has 7 heteroatoms. The van der Waals surface area contributed by atoms with Crippen LogP contribution in [0, 0.1) is 0 Å². The molecule has 1 N–H and O–H groups in total. The van der Waals surface area contributed by atoms with Crippen molar-refractivity contribution in [1.29, 1.82) is 0 Å². The summed E-state index contributed by atoms with van der Waals surface area (Å²) in [7, 11) is 1.84. The fourth-order valence-corrected chi connectivity index (χ4v) is 2.63. The molecule has 0 aliphatic carbocycles. The van der Waals surface area contributed by atoms with Gasteiger partial charge in [-0.3, -0.25) is 19.2 Å². The van der Waals surface area contributed by atoms with Gasteiger partial charge in [0.15, 0.2) is 0 Å². The van der Waals surface area contributed by atoms with Crippen molar-refractivity contribution in [3.05, 3.63) is 18.0 Å². The number of likely N-dealkylation sites (N-methyl/N-ethyl adjacent to an activating group) is 1. The van der Waals surface area contributed by atoms with Crippen molar-refractivity contribution in [3.8, 4) is 0 Å². The summed E-state index contributed by atoms with van der Waals surface area (Å²) in [6.45, 7) is 4.65. The quantitative estimate of drug-likeness (QED) is 0.822. The maximum absolute atomic E-state index is 12.1. The zero-order valence-electron chi connectivity index (χ0n) is 12.5. The molecule has 2 rings (SSSR count). The minimum absolute atomic E-state index is 0.0612. The van der Waals surface area contributed by atoms with Gasteiger partial charge in [-0.05, 0) is 6.42 Å². The van der Waals surface area contributed by atoms with Crippen LogP contribution in [-0.2, 0) is 22.7 Å². The number of carboxylic acids is 1. The van der Waals surface area contributed by atoms with Crippen molar-refractivity contribution >= 4 is 11.9 Å². The Morgan fingerprint density at radius 1 is 1.48 bits per heavy atom. The number of amides is 1. The summed E-state index contributed by atoms with van der Waals surface area (Å²) >= 11 is 0. The molecule has 1 aliphatic heterocycles. The molecule has 0 unspecified atom stereocenters. The van der Waals surface area contributed by atoms with Crippen LogP contribution in [0.3, 0.4) is 0 Å². The van der Waals surface area contributed by atoms with Crippen LogP contribution in [0.4, 0.5) is 0 Å². The minimum atomic E-state index is -0.831. The smallest absolute Gasteiger partial charge is 0.305 e. The summed E-state index contributed by atoms with van der Waals surface area (Å²) in [4.78, 5) is 26.6. The molecule has 1 atom stereocenters. The first-order valence-electron chi connectivity index (χ1n) is 7.23. The second kappa shape index (κ2) is 6.71. The Hall–Kier alpha value is -1.89. The van der Waals surface area contributed by atoms with Crippen molar-refractivity contribution in [3.63, 3.8) is 0 Å². The van der Waals surface area contributed by atoms with Crippen molar-refractivity contribution in [1.82, 2.24) is 19.6 Å². The van der Waals surface area contributed by atoms with Gasteiger partial charge in [0.25, 0.3) is 0 Å². The van der Waals surface area contributed by atoms with Crippen LogP contribution in [0.1, 0.15) is 25.3 Å². The van der Waals surface area contributed by atoms with Gasteiger partial charge in [0.2, 0.25) is 5.91 Å². The lowest BCUT2D eigenvalue weighted by molar-refractivity contribution is -0.140. The van der Waals surface area contributed by atoms with Crippen LogP contribution in [0.15, 0.2) is 12.4 Å². The van der Waals surface area contributed by atoms with E-state index in [2.05, 4.69) is 10.00 Å². The van der Waals surface area contributed by atoms with Crippen molar-refractivity contribution in [2.75, 3.05) is 20.1 Å². The molecule has 1 aromatic heterocycles. The molecule has 0 bridgehead atoms. The number of carboxylic acid groups (broad SMARTS) is 1. The Morgan fingerprint density at radius 2 is 2.24 bits per heavy atom. The van der Waals surface area contributed by atoms with E-state index < -0.39 is 5.97 Å². The fraction of sp³-hybridized carbons (Fsp3) is 0.643. The zero-order chi connectivity index (χ0) is 15.4. The van der Waals surface area contributed by atoms with E-state index in [9.17, 15) is 9.59 Å². The largest absolute Gasteiger partial charge is 0.481 e. The standard InChI is InChI=1S/C14H22N4O3/c1-3-12-14(21)16(2)6-7-17(12)9-11-8-15-18(10-11)5-4-13(19)20/h8,10,12H,3-7,9H2,1-2H3,(H,19,20)/t12-/m0/s1. The third-order valence-corrected chi connectivity index (χ3v) is 3.84. The Labute approximate surface area is 124 Å². The van der Waals surface area contributed by atoms with E-state index in [4.69, 9.17) is 5.11 Å². The summed E-state index contributed by atoms with van der Waals surface area (Å²) in [6, 6.07) is -0.0777. The molecule has 0 aromatic carbocycles. The van der Waals surface area contributed by atoms with Gasteiger partial charge in [0.1, 0.15) is 0 Å². The third kappa shape index (κ3) is 3.81. The van der Waals surface area contributed by atoms with Gasteiger partial charge in [-0.2, -0.15) is 5.10 Å². The van der Waals surface area contributed by atoms with E-state index >= 15 is 0 Å². The summed E-state index contributed by atoms with van der Waals surface area (Å²) < 4.78 is 1.64. The number of carbonyl (C=O) groups is 2. The number of piperazine rings is 1. The lowest BCUT2D eigenvalue weighted by Crippen LogP contribution is -2.54. The zero-order valence-corrected chi connectivity index (χ0v) is 12.5. The Kier molecular flexibility index (Phi) is 4.95. The molecule has 0 radical (unpaired) electrons. The molecule has 0 saturated carbocycles. The van der Waals surface area contributed by atoms with Gasteiger partial charge in [-0.25, -0.2) is 0 Å². The lowest BCUT2D eigenvalue weighted by Gasteiger charge is -2.38. The number of hydrogen-bond donors (Lipinski definition) is 1. The second-order valence-corrected chi connectivity index (χ2v) is 5.41. The normalized spacial score (nSPS) is 20.0. The maximum Gasteiger partial charge on any atom is 0.305 e. The van der Waals surface area contributed by atoms with E-state index in [-0.39, 0.29) is 18.4 Å². The highest BCUT2D eigenvalue weighted by atomic mass is 16.4. The van der Waals surface area contributed by atoms with Gasteiger partial charge in [-0.15, -0.1) is 0 Å². The number of hydrogen-bond acceptors (Lipinski definition) is 4. The number of aromatic nitrogens is 2. The first-order chi connectivity index (χ1) is 10.0. The van der Waals surface area contributed by atoms with Crippen LogP contribution in [-0.4, -0.2) is 62.7 Å². The summed E-state index contributed by atoms with van der Waals surface area (Å²) in [5, 5.41) is 12.8. The molecule has 7 nitrogen and oxygen atoms in total. The van der Waals surface area contributed by atoms with Crippen LogP contribution < -0.4 is 0 Å². The fourth-order valence-electron chi connectivity index (χ4n) is 2.63. The van der Waals surface area contributed by atoms with Crippen LogP contribution in [0.2, 0.25) is 0 Å². The van der Waals surface area contributed by atoms with Crippen molar-refractivity contribution < 1.29 is 14.7 Å². The number of aliphatic carboxylic acids is 1. The molecule has 21 heavy (non-hydrogen) atoms. The highest BCUT2D eigenvalue weighted by Gasteiger charge is 2.31. The Morgan fingerprint density at radius 3 is 2.90 bits per heavy atom. The van der Waals surface area contributed by atoms with E-state index in [0.29, 0.717) is 13.1 Å². The van der Waals surface area contributed by atoms with Crippen LogP contribution in [0.25, 0.3) is 0 Å². The lowest BCUT2D eigenvalue weighted by atomic mass is 10.1. The van der Waals surface area contributed by atoms with Crippen LogP contribution in [0.5, 0.6) is 0 Å².